The van der Waals surface area contributed by atoms with Crippen LogP contribution in [0.4, 0.5) is 11.4 Å². The zero-order valence-corrected chi connectivity index (χ0v) is 16.3. The van der Waals surface area contributed by atoms with Crippen LogP contribution in [-0.2, 0) is 11.3 Å². The standard InChI is InChI=1S/C19H18ClN3O2S/c1-10-4-5-13(7-14(10)20)23-9-21-16-15-12(8-25-3)6-11(2)22-18(15)26-17(16)19(23)24/h4-7,21H,8-9H2,1-3H3. The first-order chi connectivity index (χ1) is 12.5. The lowest BCUT2D eigenvalue weighted by atomic mass is 10.1. The Balaban J connectivity index is 1.81. The zero-order valence-electron chi connectivity index (χ0n) is 14.7. The van der Waals surface area contributed by atoms with Gasteiger partial charge in [0.25, 0.3) is 5.91 Å². The van der Waals surface area contributed by atoms with E-state index in [0.29, 0.717) is 23.2 Å². The topological polar surface area (TPSA) is 54.5 Å². The van der Waals surface area contributed by atoms with Crippen molar-refractivity contribution in [3.8, 4) is 0 Å². The molecule has 1 N–H and O–H groups in total. The number of hydrogen-bond donors (Lipinski definition) is 1. The van der Waals surface area contributed by atoms with Crippen molar-refractivity contribution >= 4 is 50.4 Å². The molecule has 0 fully saturated rings. The molecule has 1 aliphatic heterocycles. The third-order valence-electron chi connectivity index (χ3n) is 4.49. The van der Waals surface area contributed by atoms with E-state index in [4.69, 9.17) is 16.3 Å². The van der Waals surface area contributed by atoms with Gasteiger partial charge in [0.15, 0.2) is 0 Å². The van der Waals surface area contributed by atoms with Crippen LogP contribution in [0.15, 0.2) is 24.3 Å². The van der Waals surface area contributed by atoms with Gasteiger partial charge in [-0.3, -0.25) is 9.69 Å². The maximum Gasteiger partial charge on any atom is 0.272 e. The van der Waals surface area contributed by atoms with Crippen LogP contribution >= 0.6 is 22.9 Å². The Morgan fingerprint density at radius 2 is 2.15 bits per heavy atom. The molecule has 3 aromatic rings. The molecule has 0 atom stereocenters. The fourth-order valence-corrected chi connectivity index (χ4v) is 4.58. The number of thiophene rings is 1. The Morgan fingerprint density at radius 1 is 1.35 bits per heavy atom. The second kappa shape index (κ2) is 6.54. The van der Waals surface area contributed by atoms with Gasteiger partial charge in [-0.25, -0.2) is 4.98 Å². The van der Waals surface area contributed by atoms with E-state index in [-0.39, 0.29) is 5.91 Å². The number of methoxy groups -OCH3 is 1. The van der Waals surface area contributed by atoms with E-state index in [9.17, 15) is 4.79 Å². The molecule has 3 heterocycles. The summed E-state index contributed by atoms with van der Waals surface area (Å²) in [6.07, 6.45) is 0. The quantitative estimate of drug-likeness (QED) is 0.705. The van der Waals surface area contributed by atoms with Crippen LogP contribution < -0.4 is 10.2 Å². The number of benzene rings is 1. The molecule has 0 spiro atoms. The van der Waals surface area contributed by atoms with Crippen molar-refractivity contribution in [3.63, 3.8) is 0 Å². The third-order valence-corrected chi connectivity index (χ3v) is 5.97. The molecule has 4 rings (SSSR count). The number of nitrogens with zero attached hydrogens (tertiary/aromatic N) is 2. The van der Waals surface area contributed by atoms with Crippen molar-refractivity contribution in [3.05, 3.63) is 51.0 Å². The molecule has 1 aromatic carbocycles. The predicted octanol–water partition coefficient (Wildman–Crippen LogP) is 4.74. The number of anilines is 2. The van der Waals surface area contributed by atoms with Gasteiger partial charge in [0.1, 0.15) is 9.71 Å². The minimum Gasteiger partial charge on any atom is -0.380 e. The Kier molecular flexibility index (Phi) is 4.34. The fourth-order valence-electron chi connectivity index (χ4n) is 3.21. The third kappa shape index (κ3) is 2.74. The van der Waals surface area contributed by atoms with E-state index in [1.807, 2.05) is 38.1 Å². The Hall–Kier alpha value is -2.15. The smallest absolute Gasteiger partial charge is 0.272 e. The van der Waals surface area contributed by atoms with Gasteiger partial charge in [-0.15, -0.1) is 11.3 Å². The van der Waals surface area contributed by atoms with E-state index in [1.54, 1.807) is 12.0 Å². The van der Waals surface area contributed by atoms with Crippen LogP contribution in [0.5, 0.6) is 0 Å². The summed E-state index contributed by atoms with van der Waals surface area (Å²) >= 11 is 7.65. The molecule has 0 unspecified atom stereocenters. The number of ether oxygens (including phenoxy) is 1. The number of rotatable bonds is 3. The van der Waals surface area contributed by atoms with Crippen molar-refractivity contribution in [2.45, 2.75) is 20.5 Å². The first-order valence-corrected chi connectivity index (χ1v) is 9.43. The number of halogens is 1. The molecule has 5 nitrogen and oxygen atoms in total. The van der Waals surface area contributed by atoms with Crippen molar-refractivity contribution < 1.29 is 9.53 Å². The molecule has 2 aromatic heterocycles. The summed E-state index contributed by atoms with van der Waals surface area (Å²) in [7, 11) is 1.67. The number of amides is 1. The number of nitrogens with one attached hydrogen (secondary N) is 1. The average molecular weight is 388 g/mol. The van der Waals surface area contributed by atoms with E-state index < -0.39 is 0 Å². The summed E-state index contributed by atoms with van der Waals surface area (Å²) in [5, 5.41) is 5.02. The molecule has 0 saturated heterocycles. The van der Waals surface area contributed by atoms with Crippen molar-refractivity contribution in [1.82, 2.24) is 4.98 Å². The normalized spacial score (nSPS) is 13.8. The highest BCUT2D eigenvalue weighted by atomic mass is 35.5. The van der Waals surface area contributed by atoms with E-state index in [1.165, 1.54) is 11.3 Å². The second-order valence-electron chi connectivity index (χ2n) is 6.34. The number of aromatic nitrogens is 1. The molecule has 1 aliphatic rings. The summed E-state index contributed by atoms with van der Waals surface area (Å²) in [6.45, 7) is 4.76. The Morgan fingerprint density at radius 3 is 2.88 bits per heavy atom. The Bertz CT molecular complexity index is 1030. The maximum absolute atomic E-state index is 13.1. The summed E-state index contributed by atoms with van der Waals surface area (Å²) in [6, 6.07) is 7.68. The lowest BCUT2D eigenvalue weighted by Crippen LogP contribution is -2.39. The van der Waals surface area contributed by atoms with Crippen LogP contribution in [0.25, 0.3) is 10.2 Å². The van der Waals surface area contributed by atoms with Gasteiger partial charge in [0.05, 0.1) is 19.0 Å². The van der Waals surface area contributed by atoms with Crippen LogP contribution in [0.3, 0.4) is 0 Å². The highest BCUT2D eigenvalue weighted by molar-refractivity contribution is 7.21. The highest BCUT2D eigenvalue weighted by Gasteiger charge is 2.30. The largest absolute Gasteiger partial charge is 0.380 e. The van der Waals surface area contributed by atoms with Crippen molar-refractivity contribution in [1.29, 1.82) is 0 Å². The highest BCUT2D eigenvalue weighted by Crippen LogP contribution is 2.41. The van der Waals surface area contributed by atoms with Gasteiger partial charge in [-0.05, 0) is 43.2 Å². The Labute approximate surface area is 160 Å². The minimum atomic E-state index is -0.0392. The molecule has 7 heteroatoms. The van der Waals surface area contributed by atoms with Crippen molar-refractivity contribution in [2.75, 3.05) is 24.0 Å². The van der Waals surface area contributed by atoms with Gasteiger partial charge in [-0.1, -0.05) is 17.7 Å². The van der Waals surface area contributed by atoms with Gasteiger partial charge < -0.3 is 10.1 Å². The van der Waals surface area contributed by atoms with E-state index in [0.717, 1.165) is 38.4 Å². The number of aryl methyl sites for hydroxylation is 2. The molecule has 0 aliphatic carbocycles. The zero-order chi connectivity index (χ0) is 18.4. The summed E-state index contributed by atoms with van der Waals surface area (Å²) in [4.78, 5) is 21.0. The number of hydrogen-bond acceptors (Lipinski definition) is 5. The van der Waals surface area contributed by atoms with E-state index >= 15 is 0 Å². The van der Waals surface area contributed by atoms with Gasteiger partial charge >= 0.3 is 0 Å². The first kappa shape index (κ1) is 17.3. The monoisotopic (exact) mass is 387 g/mol. The fraction of sp³-hybridized carbons (Fsp3) is 0.263. The van der Waals surface area contributed by atoms with Crippen LogP contribution in [0, 0.1) is 13.8 Å². The number of carbonyl (C=O) groups excluding carboxylic acids is 1. The van der Waals surface area contributed by atoms with Gasteiger partial charge in [0, 0.05) is 28.9 Å². The summed E-state index contributed by atoms with van der Waals surface area (Å²) in [5.41, 5.74) is 4.57. The first-order valence-electron chi connectivity index (χ1n) is 8.23. The summed E-state index contributed by atoms with van der Waals surface area (Å²) < 4.78 is 5.33. The molecule has 134 valence electrons. The lowest BCUT2D eigenvalue weighted by molar-refractivity contribution is 0.0990. The van der Waals surface area contributed by atoms with Crippen LogP contribution in [-0.4, -0.2) is 24.7 Å². The van der Waals surface area contributed by atoms with Crippen LogP contribution in [0.1, 0.15) is 26.5 Å². The molecular weight excluding hydrogens is 370 g/mol. The maximum atomic E-state index is 13.1. The summed E-state index contributed by atoms with van der Waals surface area (Å²) in [5.74, 6) is -0.0392. The lowest BCUT2D eigenvalue weighted by Gasteiger charge is -2.28. The SMILES string of the molecule is COCc1cc(C)nc2sc3c(c12)NCN(c1ccc(C)c(Cl)c1)C3=O. The molecule has 0 bridgehead atoms. The molecular formula is C19H18ClN3O2S. The number of fused-ring (bicyclic) bond motifs is 3. The van der Waals surface area contributed by atoms with Crippen LogP contribution in [0.2, 0.25) is 5.02 Å². The number of carbonyl (C=O) groups is 1. The predicted molar refractivity (Wildman–Crippen MR) is 107 cm³/mol. The van der Waals surface area contributed by atoms with E-state index in [2.05, 4.69) is 10.3 Å². The molecule has 26 heavy (non-hydrogen) atoms. The molecule has 0 saturated carbocycles. The van der Waals surface area contributed by atoms with Gasteiger partial charge in [-0.2, -0.15) is 0 Å². The number of pyridine rings is 1. The molecule has 0 radical (unpaired) electrons. The van der Waals surface area contributed by atoms with Gasteiger partial charge in [0.2, 0.25) is 0 Å². The average Bonchev–Trinajstić information content (AvgIpc) is 2.97. The second-order valence-corrected chi connectivity index (χ2v) is 7.75. The van der Waals surface area contributed by atoms with Crippen molar-refractivity contribution in [2.24, 2.45) is 0 Å². The molecule has 1 amide bonds. The minimum absolute atomic E-state index is 0.0392.